The highest BCUT2D eigenvalue weighted by molar-refractivity contribution is 7.89. The first-order chi connectivity index (χ1) is 14.7. The Balaban J connectivity index is 1.62. The number of ether oxygens (including phenoxy) is 2. The van der Waals surface area contributed by atoms with Crippen LogP contribution in [0.5, 0.6) is 5.75 Å². The first kappa shape index (κ1) is 24.0. The zero-order chi connectivity index (χ0) is 22.5. The van der Waals surface area contributed by atoms with Crippen LogP contribution in [0.2, 0.25) is 5.02 Å². The SMILES string of the molecule is CCOCCOc1ccc(S(=O)(=O)N2CCN(S(=O)(=O)c3ccc(Cl)cc3)CC2)cc1. The van der Waals surface area contributed by atoms with Gasteiger partial charge in [0, 0.05) is 37.8 Å². The lowest BCUT2D eigenvalue weighted by Gasteiger charge is -2.33. The molecule has 1 fully saturated rings. The average molecular weight is 489 g/mol. The summed E-state index contributed by atoms with van der Waals surface area (Å²) in [7, 11) is -7.44. The fraction of sp³-hybridized carbons (Fsp3) is 0.400. The molecule has 0 spiro atoms. The largest absolute Gasteiger partial charge is 0.491 e. The molecule has 0 radical (unpaired) electrons. The Labute approximate surface area is 188 Å². The van der Waals surface area contributed by atoms with Gasteiger partial charge in [0.25, 0.3) is 0 Å². The molecule has 0 aliphatic carbocycles. The Morgan fingerprint density at radius 3 is 1.68 bits per heavy atom. The molecule has 0 amide bonds. The molecule has 1 aliphatic rings. The summed E-state index contributed by atoms with van der Waals surface area (Å²) in [6.07, 6.45) is 0. The van der Waals surface area contributed by atoms with Crippen molar-refractivity contribution in [1.29, 1.82) is 0 Å². The van der Waals surface area contributed by atoms with Crippen molar-refractivity contribution >= 4 is 31.6 Å². The smallest absolute Gasteiger partial charge is 0.243 e. The molecule has 31 heavy (non-hydrogen) atoms. The van der Waals surface area contributed by atoms with Gasteiger partial charge in [-0.25, -0.2) is 16.8 Å². The van der Waals surface area contributed by atoms with Crippen LogP contribution in [-0.4, -0.2) is 71.4 Å². The minimum atomic E-state index is -3.73. The third-order valence-electron chi connectivity index (χ3n) is 4.81. The van der Waals surface area contributed by atoms with E-state index in [1.165, 1.54) is 45.0 Å². The van der Waals surface area contributed by atoms with Crippen LogP contribution in [0, 0.1) is 0 Å². The predicted octanol–water partition coefficient (Wildman–Crippen LogP) is 2.45. The first-order valence-corrected chi connectivity index (χ1v) is 13.1. The summed E-state index contributed by atoms with van der Waals surface area (Å²) in [4.78, 5) is 0.270. The average Bonchev–Trinajstić information content (AvgIpc) is 2.77. The zero-order valence-electron chi connectivity index (χ0n) is 17.1. The van der Waals surface area contributed by atoms with Crippen molar-refractivity contribution in [1.82, 2.24) is 8.61 Å². The zero-order valence-corrected chi connectivity index (χ0v) is 19.5. The highest BCUT2D eigenvalue weighted by atomic mass is 35.5. The second-order valence-corrected chi connectivity index (χ2v) is 11.1. The molecule has 11 heteroatoms. The van der Waals surface area contributed by atoms with E-state index in [9.17, 15) is 16.8 Å². The first-order valence-electron chi connectivity index (χ1n) is 9.81. The van der Waals surface area contributed by atoms with Crippen LogP contribution in [-0.2, 0) is 24.8 Å². The minimum Gasteiger partial charge on any atom is -0.491 e. The quantitative estimate of drug-likeness (QED) is 0.503. The molecule has 0 aromatic heterocycles. The maximum atomic E-state index is 12.9. The van der Waals surface area contributed by atoms with Gasteiger partial charge in [-0.1, -0.05) is 11.6 Å². The predicted molar refractivity (Wildman–Crippen MR) is 117 cm³/mol. The van der Waals surface area contributed by atoms with Gasteiger partial charge in [-0.2, -0.15) is 8.61 Å². The molecule has 2 aromatic rings. The Morgan fingerprint density at radius 1 is 0.774 bits per heavy atom. The van der Waals surface area contributed by atoms with Gasteiger partial charge in [0.15, 0.2) is 0 Å². The number of benzene rings is 2. The van der Waals surface area contributed by atoms with Gasteiger partial charge in [0.2, 0.25) is 20.0 Å². The molecule has 0 unspecified atom stereocenters. The number of halogens is 1. The van der Waals surface area contributed by atoms with E-state index in [1.54, 1.807) is 12.1 Å². The molecule has 3 rings (SSSR count). The number of nitrogens with zero attached hydrogens (tertiary/aromatic N) is 2. The third kappa shape index (κ3) is 5.76. The lowest BCUT2D eigenvalue weighted by molar-refractivity contribution is 0.110. The summed E-state index contributed by atoms with van der Waals surface area (Å²) in [6.45, 7) is 3.63. The van der Waals surface area contributed by atoms with Crippen molar-refractivity contribution in [2.45, 2.75) is 16.7 Å². The van der Waals surface area contributed by atoms with E-state index in [4.69, 9.17) is 21.1 Å². The van der Waals surface area contributed by atoms with Crippen LogP contribution >= 0.6 is 11.6 Å². The Hall–Kier alpha value is -1.69. The fourth-order valence-electron chi connectivity index (χ4n) is 3.13. The molecule has 0 bridgehead atoms. The minimum absolute atomic E-state index is 0.0712. The van der Waals surface area contributed by atoms with Crippen LogP contribution in [0.4, 0.5) is 0 Å². The lowest BCUT2D eigenvalue weighted by Crippen LogP contribution is -2.50. The normalized spacial score (nSPS) is 16.3. The topological polar surface area (TPSA) is 93.2 Å². The van der Waals surface area contributed by atoms with Gasteiger partial charge in [0.05, 0.1) is 16.4 Å². The maximum Gasteiger partial charge on any atom is 0.243 e. The summed E-state index contributed by atoms with van der Waals surface area (Å²) < 4.78 is 64.7. The molecule has 0 saturated carbocycles. The van der Waals surface area contributed by atoms with E-state index in [1.807, 2.05) is 6.92 Å². The van der Waals surface area contributed by atoms with Crippen molar-refractivity contribution in [2.24, 2.45) is 0 Å². The Kier molecular flexibility index (Phi) is 7.95. The van der Waals surface area contributed by atoms with Gasteiger partial charge < -0.3 is 9.47 Å². The number of sulfonamides is 2. The van der Waals surface area contributed by atoms with E-state index < -0.39 is 20.0 Å². The van der Waals surface area contributed by atoms with Crippen molar-refractivity contribution in [3.05, 3.63) is 53.6 Å². The molecule has 0 N–H and O–H groups in total. The highest BCUT2D eigenvalue weighted by Gasteiger charge is 2.33. The molecule has 0 atom stereocenters. The van der Waals surface area contributed by atoms with E-state index >= 15 is 0 Å². The third-order valence-corrected chi connectivity index (χ3v) is 8.89. The van der Waals surface area contributed by atoms with Gasteiger partial charge in [-0.05, 0) is 55.5 Å². The Morgan fingerprint density at radius 2 is 1.23 bits per heavy atom. The summed E-state index contributed by atoms with van der Waals surface area (Å²) in [6, 6.07) is 12.1. The molecule has 1 aliphatic heterocycles. The van der Waals surface area contributed by atoms with E-state index in [2.05, 4.69) is 0 Å². The van der Waals surface area contributed by atoms with Crippen molar-refractivity contribution < 1.29 is 26.3 Å². The highest BCUT2D eigenvalue weighted by Crippen LogP contribution is 2.24. The number of hydrogen-bond acceptors (Lipinski definition) is 6. The number of hydrogen-bond donors (Lipinski definition) is 0. The van der Waals surface area contributed by atoms with Gasteiger partial charge >= 0.3 is 0 Å². The fourth-order valence-corrected chi connectivity index (χ4v) is 6.10. The summed E-state index contributed by atoms with van der Waals surface area (Å²) in [5.74, 6) is 0.553. The van der Waals surface area contributed by atoms with Crippen LogP contribution in [0.15, 0.2) is 58.3 Å². The summed E-state index contributed by atoms with van der Waals surface area (Å²) in [5.41, 5.74) is 0. The van der Waals surface area contributed by atoms with Crippen molar-refractivity contribution in [3.8, 4) is 5.75 Å². The van der Waals surface area contributed by atoms with E-state index in [0.717, 1.165) is 0 Å². The second kappa shape index (κ2) is 10.3. The van der Waals surface area contributed by atoms with Gasteiger partial charge in [-0.15, -0.1) is 0 Å². The van der Waals surface area contributed by atoms with Crippen LogP contribution in [0.25, 0.3) is 0 Å². The van der Waals surface area contributed by atoms with Gasteiger partial charge in [-0.3, -0.25) is 0 Å². The molecule has 1 saturated heterocycles. The molecule has 1 heterocycles. The summed E-state index contributed by atoms with van der Waals surface area (Å²) >= 11 is 5.83. The van der Waals surface area contributed by atoms with E-state index in [0.29, 0.717) is 30.6 Å². The monoisotopic (exact) mass is 488 g/mol. The number of rotatable bonds is 9. The van der Waals surface area contributed by atoms with Crippen LogP contribution in [0.1, 0.15) is 6.92 Å². The number of piperazine rings is 1. The molecular formula is C20H25ClN2O6S2. The Bertz CT molecular complexity index is 1070. The molecular weight excluding hydrogens is 464 g/mol. The van der Waals surface area contributed by atoms with Gasteiger partial charge in [0.1, 0.15) is 12.4 Å². The summed E-state index contributed by atoms with van der Waals surface area (Å²) in [5, 5.41) is 0.445. The standard InChI is InChI=1S/C20H25ClN2O6S2/c1-2-28-15-16-29-18-5-9-20(10-6-18)31(26,27)23-13-11-22(12-14-23)30(24,25)19-7-3-17(21)4-8-19/h3-10H,2,11-16H2,1H3. The lowest BCUT2D eigenvalue weighted by atomic mass is 10.3. The molecule has 2 aromatic carbocycles. The van der Waals surface area contributed by atoms with E-state index in [-0.39, 0.29) is 36.0 Å². The molecule has 8 nitrogen and oxygen atoms in total. The van der Waals surface area contributed by atoms with Crippen LogP contribution < -0.4 is 4.74 Å². The van der Waals surface area contributed by atoms with Crippen molar-refractivity contribution in [3.63, 3.8) is 0 Å². The second-order valence-electron chi connectivity index (χ2n) is 6.78. The molecule has 170 valence electrons. The van der Waals surface area contributed by atoms with Crippen LogP contribution in [0.3, 0.4) is 0 Å². The maximum absolute atomic E-state index is 12.9. The van der Waals surface area contributed by atoms with Crippen molar-refractivity contribution in [2.75, 3.05) is 46.0 Å².